The van der Waals surface area contributed by atoms with Gasteiger partial charge < -0.3 is 10.6 Å². The number of benzene rings is 2. The number of carbonyl (C=O) groups is 2. The fourth-order valence-electron chi connectivity index (χ4n) is 2.12. The first-order valence-electron chi connectivity index (χ1n) is 7.68. The molecule has 0 aliphatic rings. The Morgan fingerprint density at radius 1 is 0.826 bits per heavy atom. The third-order valence-corrected chi connectivity index (χ3v) is 3.57. The van der Waals surface area contributed by atoms with Crippen LogP contribution in [0.4, 0.5) is 0 Å². The predicted octanol–water partition coefficient (Wildman–Crippen LogP) is 2.85. The molecular weight excluding hydrogens is 288 g/mol. The maximum atomic E-state index is 12.1. The van der Waals surface area contributed by atoms with Crippen LogP contribution in [-0.2, 0) is 0 Å². The smallest absolute Gasteiger partial charge is 0.251 e. The molecule has 120 valence electrons. The molecule has 0 fully saturated rings. The highest BCUT2D eigenvalue weighted by Gasteiger charge is 2.11. The van der Waals surface area contributed by atoms with Gasteiger partial charge in [0.1, 0.15) is 0 Å². The lowest BCUT2D eigenvalue weighted by molar-refractivity contribution is 0.0912. The van der Waals surface area contributed by atoms with Gasteiger partial charge in [-0.2, -0.15) is 0 Å². The lowest BCUT2D eigenvalue weighted by Gasteiger charge is -2.15. The molecule has 0 bridgehead atoms. The summed E-state index contributed by atoms with van der Waals surface area (Å²) in [5.74, 6) is -0.275. The second-order valence-corrected chi connectivity index (χ2v) is 5.82. The van der Waals surface area contributed by atoms with Gasteiger partial charge >= 0.3 is 0 Å². The van der Waals surface area contributed by atoms with Crippen molar-refractivity contribution < 1.29 is 9.59 Å². The molecule has 0 aromatic heterocycles. The van der Waals surface area contributed by atoms with E-state index in [2.05, 4.69) is 10.6 Å². The van der Waals surface area contributed by atoms with E-state index < -0.39 is 0 Å². The summed E-state index contributed by atoms with van der Waals surface area (Å²) in [6, 6.07) is 14.6. The van der Waals surface area contributed by atoms with Crippen LogP contribution in [0.3, 0.4) is 0 Å². The van der Waals surface area contributed by atoms with Crippen molar-refractivity contribution in [2.24, 2.45) is 0 Å². The molecular formula is C19H22N2O2. The summed E-state index contributed by atoms with van der Waals surface area (Å²) in [5.41, 5.74) is 3.46. The Kier molecular flexibility index (Phi) is 5.52. The van der Waals surface area contributed by atoms with E-state index in [0.29, 0.717) is 17.7 Å². The van der Waals surface area contributed by atoms with Crippen molar-refractivity contribution in [3.63, 3.8) is 0 Å². The molecule has 0 radical (unpaired) electrons. The van der Waals surface area contributed by atoms with E-state index in [1.807, 2.05) is 45.0 Å². The van der Waals surface area contributed by atoms with Crippen LogP contribution >= 0.6 is 0 Å². The first-order chi connectivity index (χ1) is 11.0. The fourth-order valence-corrected chi connectivity index (χ4v) is 2.12. The van der Waals surface area contributed by atoms with Crippen molar-refractivity contribution in [1.82, 2.24) is 10.6 Å². The number of carbonyl (C=O) groups excluding carboxylic acids is 2. The summed E-state index contributed by atoms with van der Waals surface area (Å²) >= 11 is 0. The summed E-state index contributed by atoms with van der Waals surface area (Å²) in [6.07, 6.45) is 0. The SMILES string of the molecule is Cc1ccc(C(=O)NC[C@@H](C)NC(=O)c2ccc(C)cc2)cc1. The Morgan fingerprint density at radius 2 is 1.26 bits per heavy atom. The van der Waals surface area contributed by atoms with Crippen molar-refractivity contribution in [3.05, 3.63) is 70.8 Å². The van der Waals surface area contributed by atoms with Crippen molar-refractivity contribution in [2.45, 2.75) is 26.8 Å². The number of aryl methyl sites for hydroxylation is 2. The fraction of sp³-hybridized carbons (Fsp3) is 0.263. The molecule has 0 saturated carbocycles. The first kappa shape index (κ1) is 16.7. The molecule has 0 unspecified atom stereocenters. The van der Waals surface area contributed by atoms with Gasteiger partial charge in [0.2, 0.25) is 0 Å². The van der Waals surface area contributed by atoms with E-state index in [-0.39, 0.29) is 17.9 Å². The standard InChI is InChI=1S/C19H22N2O2/c1-13-4-8-16(9-5-13)18(22)20-12-15(3)21-19(23)17-10-6-14(2)7-11-17/h4-11,15H,12H2,1-3H3,(H,20,22)(H,21,23)/t15-/m1/s1. The molecule has 2 aromatic carbocycles. The molecule has 2 amide bonds. The Bertz CT molecular complexity index is 676. The molecule has 4 heteroatoms. The van der Waals surface area contributed by atoms with Crippen molar-refractivity contribution >= 4 is 11.8 Å². The monoisotopic (exact) mass is 310 g/mol. The minimum absolute atomic E-state index is 0.137. The summed E-state index contributed by atoms with van der Waals surface area (Å²) in [5, 5.41) is 5.71. The topological polar surface area (TPSA) is 58.2 Å². The van der Waals surface area contributed by atoms with Crippen LogP contribution < -0.4 is 10.6 Å². The lowest BCUT2D eigenvalue weighted by Crippen LogP contribution is -2.41. The van der Waals surface area contributed by atoms with E-state index in [4.69, 9.17) is 0 Å². The van der Waals surface area contributed by atoms with Crippen LogP contribution in [0, 0.1) is 13.8 Å². The van der Waals surface area contributed by atoms with Crippen LogP contribution in [0.15, 0.2) is 48.5 Å². The van der Waals surface area contributed by atoms with Gasteiger partial charge in [0.15, 0.2) is 0 Å². The molecule has 0 aliphatic heterocycles. The van der Waals surface area contributed by atoms with Gasteiger partial charge in [0.05, 0.1) is 0 Å². The predicted molar refractivity (Wildman–Crippen MR) is 91.6 cm³/mol. The summed E-state index contributed by atoms with van der Waals surface area (Å²) in [7, 11) is 0. The van der Waals surface area contributed by atoms with Crippen LogP contribution in [-0.4, -0.2) is 24.4 Å². The maximum absolute atomic E-state index is 12.1. The zero-order chi connectivity index (χ0) is 16.8. The number of hydrogen-bond acceptors (Lipinski definition) is 2. The molecule has 0 aliphatic carbocycles. The Labute approximate surface area is 136 Å². The number of rotatable bonds is 5. The number of hydrogen-bond donors (Lipinski definition) is 2. The van der Waals surface area contributed by atoms with Gasteiger partial charge in [-0.05, 0) is 45.0 Å². The van der Waals surface area contributed by atoms with Gasteiger partial charge in [-0.15, -0.1) is 0 Å². The minimum Gasteiger partial charge on any atom is -0.350 e. The highest BCUT2D eigenvalue weighted by Crippen LogP contribution is 2.04. The Balaban J connectivity index is 1.83. The van der Waals surface area contributed by atoms with E-state index >= 15 is 0 Å². The van der Waals surface area contributed by atoms with Gasteiger partial charge in [-0.1, -0.05) is 35.4 Å². The third kappa shape index (κ3) is 4.95. The summed E-state index contributed by atoms with van der Waals surface area (Å²) < 4.78 is 0. The molecule has 0 spiro atoms. The van der Waals surface area contributed by atoms with E-state index in [0.717, 1.165) is 11.1 Å². The molecule has 0 heterocycles. The van der Waals surface area contributed by atoms with Gasteiger partial charge in [-0.25, -0.2) is 0 Å². The average Bonchev–Trinajstić information content (AvgIpc) is 2.54. The molecule has 2 rings (SSSR count). The van der Waals surface area contributed by atoms with E-state index in [1.165, 1.54) is 0 Å². The largest absolute Gasteiger partial charge is 0.350 e. The Morgan fingerprint density at radius 3 is 1.74 bits per heavy atom. The second-order valence-electron chi connectivity index (χ2n) is 5.82. The van der Waals surface area contributed by atoms with Crippen molar-refractivity contribution in [3.8, 4) is 0 Å². The average molecular weight is 310 g/mol. The molecule has 23 heavy (non-hydrogen) atoms. The number of amides is 2. The quantitative estimate of drug-likeness (QED) is 0.892. The molecule has 4 nitrogen and oxygen atoms in total. The van der Waals surface area contributed by atoms with Crippen LogP contribution in [0.5, 0.6) is 0 Å². The van der Waals surface area contributed by atoms with Gasteiger partial charge in [-0.3, -0.25) is 9.59 Å². The van der Waals surface area contributed by atoms with Gasteiger partial charge in [0.25, 0.3) is 11.8 Å². The minimum atomic E-state index is -0.154. The van der Waals surface area contributed by atoms with E-state index in [9.17, 15) is 9.59 Å². The molecule has 0 saturated heterocycles. The normalized spacial score (nSPS) is 11.6. The van der Waals surface area contributed by atoms with Crippen LogP contribution in [0.25, 0.3) is 0 Å². The Hall–Kier alpha value is -2.62. The van der Waals surface area contributed by atoms with Crippen molar-refractivity contribution in [2.75, 3.05) is 6.54 Å². The summed E-state index contributed by atoms with van der Waals surface area (Å²) in [4.78, 5) is 24.1. The first-order valence-corrected chi connectivity index (χ1v) is 7.68. The summed E-state index contributed by atoms with van der Waals surface area (Å²) in [6.45, 7) is 6.20. The zero-order valence-electron chi connectivity index (χ0n) is 13.7. The number of nitrogens with one attached hydrogen (secondary N) is 2. The lowest BCUT2D eigenvalue weighted by atomic mass is 10.1. The third-order valence-electron chi connectivity index (χ3n) is 3.57. The highest BCUT2D eigenvalue weighted by molar-refractivity contribution is 5.95. The zero-order valence-corrected chi connectivity index (χ0v) is 13.7. The highest BCUT2D eigenvalue weighted by atomic mass is 16.2. The second kappa shape index (κ2) is 7.58. The molecule has 1 atom stereocenters. The maximum Gasteiger partial charge on any atom is 0.251 e. The van der Waals surface area contributed by atoms with Crippen LogP contribution in [0.1, 0.15) is 38.8 Å². The van der Waals surface area contributed by atoms with Crippen LogP contribution in [0.2, 0.25) is 0 Å². The van der Waals surface area contributed by atoms with E-state index in [1.54, 1.807) is 24.3 Å². The van der Waals surface area contributed by atoms with Gasteiger partial charge in [0, 0.05) is 23.7 Å². The molecule has 2 aromatic rings. The molecule has 2 N–H and O–H groups in total. The van der Waals surface area contributed by atoms with Crippen molar-refractivity contribution in [1.29, 1.82) is 0 Å².